The molecule has 4 heteroatoms. The van der Waals surface area contributed by atoms with Crippen molar-refractivity contribution in [2.75, 3.05) is 0 Å². The first-order valence-electron chi connectivity index (χ1n) is 10.3. The first kappa shape index (κ1) is 18.9. The van der Waals surface area contributed by atoms with E-state index >= 15 is 0 Å². The molecule has 1 unspecified atom stereocenters. The summed E-state index contributed by atoms with van der Waals surface area (Å²) in [6.07, 6.45) is 0. The van der Waals surface area contributed by atoms with Crippen molar-refractivity contribution in [1.82, 2.24) is 15.0 Å². The molecule has 30 heavy (non-hydrogen) atoms. The Hall–Kier alpha value is -3.11. The largest absolute Gasteiger partial charge is 0.213 e. The van der Waals surface area contributed by atoms with Gasteiger partial charge in [-0.05, 0) is 18.1 Å². The highest BCUT2D eigenvalue weighted by Crippen LogP contribution is 2.36. The fraction of sp³-hybridized carbons (Fsp3) is 0.192. The zero-order valence-corrected chi connectivity index (χ0v) is 18.1. The molecule has 5 aromatic rings. The smallest absolute Gasteiger partial charge is 0.163 e. The van der Waals surface area contributed by atoms with Crippen LogP contribution >= 0.6 is 11.3 Å². The number of hydrogen-bond donors (Lipinski definition) is 0. The molecule has 2 aromatic heterocycles. The van der Waals surface area contributed by atoms with Gasteiger partial charge in [-0.25, -0.2) is 15.0 Å². The van der Waals surface area contributed by atoms with Gasteiger partial charge in [-0.15, -0.1) is 11.3 Å². The van der Waals surface area contributed by atoms with Gasteiger partial charge in [0.25, 0.3) is 0 Å². The van der Waals surface area contributed by atoms with Crippen molar-refractivity contribution < 1.29 is 0 Å². The summed E-state index contributed by atoms with van der Waals surface area (Å²) in [5.41, 5.74) is 2.05. The highest BCUT2D eigenvalue weighted by Gasteiger charge is 2.18. The molecule has 0 radical (unpaired) electrons. The van der Waals surface area contributed by atoms with E-state index in [1.54, 1.807) is 0 Å². The van der Waals surface area contributed by atoms with Crippen molar-refractivity contribution in [2.24, 2.45) is 5.92 Å². The van der Waals surface area contributed by atoms with Crippen LogP contribution in [0.5, 0.6) is 0 Å². The highest BCUT2D eigenvalue weighted by molar-refractivity contribution is 7.25. The minimum absolute atomic E-state index is 0.252. The van der Waals surface area contributed by atoms with Crippen LogP contribution in [0.25, 0.3) is 42.9 Å². The summed E-state index contributed by atoms with van der Waals surface area (Å²) < 4.78 is 2.56. The quantitative estimate of drug-likeness (QED) is 0.312. The molecule has 0 bridgehead atoms. The molecule has 0 N–H and O–H groups in total. The van der Waals surface area contributed by atoms with E-state index in [0.29, 0.717) is 5.92 Å². The molecular formula is C26H23N3S. The van der Waals surface area contributed by atoms with Gasteiger partial charge >= 0.3 is 0 Å². The Kier molecular flexibility index (Phi) is 4.80. The second-order valence-corrected chi connectivity index (χ2v) is 9.13. The number of benzene rings is 3. The van der Waals surface area contributed by atoms with Gasteiger partial charge in [-0.3, -0.25) is 0 Å². The number of rotatable bonds is 4. The van der Waals surface area contributed by atoms with Crippen molar-refractivity contribution in [1.29, 1.82) is 0 Å². The van der Waals surface area contributed by atoms with Gasteiger partial charge in [0.05, 0.1) is 0 Å². The first-order valence-corrected chi connectivity index (χ1v) is 11.1. The van der Waals surface area contributed by atoms with Crippen LogP contribution in [0.1, 0.15) is 32.5 Å². The summed E-state index contributed by atoms with van der Waals surface area (Å²) in [6.45, 7) is 6.60. The maximum Gasteiger partial charge on any atom is 0.163 e. The monoisotopic (exact) mass is 409 g/mol. The molecule has 0 fully saturated rings. The molecule has 148 valence electrons. The fourth-order valence-corrected chi connectivity index (χ4v) is 4.75. The molecule has 0 spiro atoms. The second kappa shape index (κ2) is 7.62. The van der Waals surface area contributed by atoms with Crippen LogP contribution in [-0.2, 0) is 0 Å². The molecular weight excluding hydrogens is 386 g/mol. The number of hydrogen-bond acceptors (Lipinski definition) is 4. The molecule has 0 amide bonds. The SMILES string of the molecule is CC(C)C(C)c1nc(-c2ccccc2)nc(-c2ccc3c(c2)sc2ccccc23)n1. The lowest BCUT2D eigenvalue weighted by atomic mass is 9.97. The maximum absolute atomic E-state index is 4.89. The Balaban J connectivity index is 1.69. The molecule has 0 aliphatic carbocycles. The van der Waals surface area contributed by atoms with E-state index in [4.69, 9.17) is 15.0 Å². The number of thiophene rings is 1. The van der Waals surface area contributed by atoms with E-state index in [9.17, 15) is 0 Å². The van der Waals surface area contributed by atoms with Gasteiger partial charge in [0.1, 0.15) is 5.82 Å². The fourth-order valence-electron chi connectivity index (χ4n) is 3.60. The second-order valence-electron chi connectivity index (χ2n) is 8.05. The lowest BCUT2D eigenvalue weighted by molar-refractivity contribution is 0.509. The third-order valence-corrected chi connectivity index (χ3v) is 6.86. The molecule has 0 saturated heterocycles. The van der Waals surface area contributed by atoms with E-state index in [2.05, 4.69) is 75.4 Å². The van der Waals surface area contributed by atoms with E-state index < -0.39 is 0 Å². The molecule has 0 aliphatic rings. The average molecular weight is 410 g/mol. The zero-order chi connectivity index (χ0) is 20.7. The lowest BCUT2D eigenvalue weighted by Gasteiger charge is -2.16. The van der Waals surface area contributed by atoms with Crippen LogP contribution in [0.15, 0.2) is 72.8 Å². The molecule has 1 atom stereocenters. The summed E-state index contributed by atoms with van der Waals surface area (Å²) in [6, 6.07) is 25.3. The van der Waals surface area contributed by atoms with Crippen molar-refractivity contribution >= 4 is 31.5 Å². The summed E-state index contributed by atoms with van der Waals surface area (Å²) in [5, 5.41) is 2.59. The third-order valence-electron chi connectivity index (χ3n) is 5.73. The molecule has 0 aliphatic heterocycles. The van der Waals surface area contributed by atoms with Gasteiger partial charge in [0.15, 0.2) is 11.6 Å². The Labute approximate surface area is 180 Å². The van der Waals surface area contributed by atoms with Gasteiger partial charge in [0.2, 0.25) is 0 Å². The normalized spacial score (nSPS) is 12.7. The lowest BCUT2D eigenvalue weighted by Crippen LogP contribution is -2.10. The van der Waals surface area contributed by atoms with Crippen LogP contribution in [0, 0.1) is 5.92 Å². The molecule has 5 rings (SSSR count). The van der Waals surface area contributed by atoms with Crippen molar-refractivity contribution in [3.8, 4) is 22.8 Å². The summed E-state index contributed by atoms with van der Waals surface area (Å²) in [7, 11) is 0. The van der Waals surface area contributed by atoms with E-state index in [1.165, 1.54) is 20.2 Å². The third kappa shape index (κ3) is 3.37. The van der Waals surface area contributed by atoms with Gasteiger partial charge < -0.3 is 0 Å². The first-order chi connectivity index (χ1) is 14.6. The predicted molar refractivity (Wildman–Crippen MR) is 127 cm³/mol. The van der Waals surface area contributed by atoms with Gasteiger partial charge in [0, 0.05) is 37.2 Å². The number of aromatic nitrogens is 3. The minimum Gasteiger partial charge on any atom is -0.213 e. The molecule has 0 saturated carbocycles. The van der Waals surface area contributed by atoms with Crippen LogP contribution in [-0.4, -0.2) is 15.0 Å². The number of nitrogens with zero attached hydrogens (tertiary/aromatic N) is 3. The zero-order valence-electron chi connectivity index (χ0n) is 17.3. The van der Waals surface area contributed by atoms with E-state index in [1.807, 2.05) is 29.5 Å². The topological polar surface area (TPSA) is 38.7 Å². The minimum atomic E-state index is 0.252. The van der Waals surface area contributed by atoms with Gasteiger partial charge in [-0.1, -0.05) is 81.4 Å². The molecule has 2 heterocycles. The Morgan fingerprint density at radius 3 is 2.07 bits per heavy atom. The summed E-state index contributed by atoms with van der Waals surface area (Å²) in [4.78, 5) is 14.6. The maximum atomic E-state index is 4.89. The predicted octanol–water partition coefficient (Wildman–Crippen LogP) is 7.33. The van der Waals surface area contributed by atoms with Crippen molar-refractivity contribution in [3.05, 3.63) is 78.6 Å². The Morgan fingerprint density at radius 2 is 1.30 bits per heavy atom. The van der Waals surface area contributed by atoms with E-state index in [-0.39, 0.29) is 5.92 Å². The Bertz CT molecular complexity index is 1340. The van der Waals surface area contributed by atoms with Gasteiger partial charge in [-0.2, -0.15) is 0 Å². The van der Waals surface area contributed by atoms with Crippen LogP contribution in [0.3, 0.4) is 0 Å². The van der Waals surface area contributed by atoms with Crippen LogP contribution in [0.2, 0.25) is 0 Å². The standard InChI is InChI=1S/C26H23N3S/c1-16(2)17(3)24-27-25(18-9-5-4-6-10-18)29-26(28-24)19-13-14-21-20-11-7-8-12-22(20)30-23(21)15-19/h4-17H,1-3H3. The van der Waals surface area contributed by atoms with Crippen LogP contribution in [0.4, 0.5) is 0 Å². The summed E-state index contributed by atoms with van der Waals surface area (Å²) >= 11 is 1.82. The summed E-state index contributed by atoms with van der Waals surface area (Å²) in [5.74, 6) is 3.03. The van der Waals surface area contributed by atoms with Crippen molar-refractivity contribution in [2.45, 2.75) is 26.7 Å². The van der Waals surface area contributed by atoms with Crippen molar-refractivity contribution in [3.63, 3.8) is 0 Å². The highest BCUT2D eigenvalue weighted by atomic mass is 32.1. The van der Waals surface area contributed by atoms with Crippen LogP contribution < -0.4 is 0 Å². The average Bonchev–Trinajstić information content (AvgIpc) is 3.16. The molecule has 3 nitrogen and oxygen atoms in total. The molecule has 3 aromatic carbocycles. The Morgan fingerprint density at radius 1 is 0.633 bits per heavy atom. The number of fused-ring (bicyclic) bond motifs is 3. The van der Waals surface area contributed by atoms with E-state index in [0.717, 1.165) is 28.6 Å².